The summed E-state index contributed by atoms with van der Waals surface area (Å²) in [5, 5.41) is 0.760. The molecule has 6 heteroatoms. The summed E-state index contributed by atoms with van der Waals surface area (Å²) in [6.45, 7) is 3.63. The van der Waals surface area contributed by atoms with Gasteiger partial charge in [-0.1, -0.05) is 60.7 Å². The molecule has 4 aromatic carbocycles. The molecular formula is C30H22N2O4. The van der Waals surface area contributed by atoms with Gasteiger partial charge in [-0.15, -0.1) is 0 Å². The van der Waals surface area contributed by atoms with Gasteiger partial charge < -0.3 is 0 Å². The van der Waals surface area contributed by atoms with E-state index in [1.54, 1.807) is 24.3 Å². The van der Waals surface area contributed by atoms with Crippen molar-refractivity contribution in [2.45, 2.75) is 25.9 Å². The Bertz CT molecular complexity index is 1400. The van der Waals surface area contributed by atoms with Crippen molar-refractivity contribution in [3.8, 4) is 0 Å². The third-order valence-electron chi connectivity index (χ3n) is 7.30. The van der Waals surface area contributed by atoms with Crippen molar-refractivity contribution in [1.82, 2.24) is 9.80 Å². The molecular weight excluding hydrogens is 452 g/mol. The van der Waals surface area contributed by atoms with Crippen LogP contribution in [0.25, 0.3) is 10.8 Å². The minimum absolute atomic E-state index is 0.318. The first-order chi connectivity index (χ1) is 17.4. The third kappa shape index (κ3) is 2.97. The minimum atomic E-state index is -0.480. The maximum Gasteiger partial charge on any atom is 0.261 e. The summed E-state index contributed by atoms with van der Waals surface area (Å²) in [4.78, 5) is 56.9. The highest BCUT2D eigenvalue weighted by atomic mass is 16.2. The number of carbonyl (C=O) groups excluding carboxylic acids is 4. The monoisotopic (exact) mass is 474 g/mol. The maximum atomic E-state index is 13.6. The van der Waals surface area contributed by atoms with E-state index in [9.17, 15) is 19.2 Å². The van der Waals surface area contributed by atoms with Crippen molar-refractivity contribution in [3.05, 3.63) is 118 Å². The van der Waals surface area contributed by atoms with Crippen LogP contribution < -0.4 is 0 Å². The smallest absolute Gasteiger partial charge is 0.261 e. The standard InChI is InChI=1S/C30H22N2O4/c1-17(19-9-5-3-6-10-19)31-27(33)21-13-15-23-26-24(16-14-22(25(21)26)28(31)34)30(36)32(29(23)35)18(2)20-11-7-4-8-12-20/h3-18H,1-2H3/t17-,18-/m0/s1. The number of carbonyl (C=O) groups is 4. The Morgan fingerprint density at radius 3 is 1.00 bits per heavy atom. The average molecular weight is 475 g/mol. The van der Waals surface area contributed by atoms with Crippen molar-refractivity contribution in [2.75, 3.05) is 0 Å². The quantitative estimate of drug-likeness (QED) is 0.363. The zero-order valence-electron chi connectivity index (χ0n) is 19.8. The molecule has 0 saturated carbocycles. The molecule has 0 aliphatic carbocycles. The molecule has 0 radical (unpaired) electrons. The maximum absolute atomic E-state index is 13.6. The fraction of sp³-hybridized carbons (Fsp3) is 0.133. The first-order valence-corrected chi connectivity index (χ1v) is 11.9. The lowest BCUT2D eigenvalue weighted by Crippen LogP contribution is -2.44. The van der Waals surface area contributed by atoms with Crippen LogP contribution in [-0.4, -0.2) is 33.4 Å². The fourth-order valence-electron chi connectivity index (χ4n) is 5.38. The zero-order valence-corrected chi connectivity index (χ0v) is 19.8. The van der Waals surface area contributed by atoms with Gasteiger partial charge in [-0.25, -0.2) is 0 Å². The number of nitrogens with zero attached hydrogens (tertiary/aromatic N) is 2. The molecule has 0 spiro atoms. The molecule has 0 aromatic heterocycles. The van der Waals surface area contributed by atoms with Crippen LogP contribution in [0.15, 0.2) is 84.9 Å². The molecule has 36 heavy (non-hydrogen) atoms. The summed E-state index contributed by atoms with van der Waals surface area (Å²) in [5.41, 5.74) is 2.95. The van der Waals surface area contributed by atoms with Crippen LogP contribution in [0.1, 0.15) is 78.5 Å². The van der Waals surface area contributed by atoms with Gasteiger partial charge in [0.05, 0.1) is 12.1 Å². The molecule has 4 aromatic rings. The Balaban J connectivity index is 1.49. The summed E-state index contributed by atoms with van der Waals surface area (Å²) >= 11 is 0. The number of hydrogen-bond donors (Lipinski definition) is 0. The molecule has 2 aliphatic rings. The van der Waals surface area contributed by atoms with Crippen LogP contribution in [0.5, 0.6) is 0 Å². The second kappa shape index (κ2) is 7.99. The lowest BCUT2D eigenvalue weighted by Gasteiger charge is -2.36. The van der Waals surface area contributed by atoms with Crippen LogP contribution in [0.4, 0.5) is 0 Å². The van der Waals surface area contributed by atoms with Crippen molar-refractivity contribution in [1.29, 1.82) is 0 Å². The summed E-state index contributed by atoms with van der Waals surface area (Å²) in [6, 6.07) is 24.2. The van der Waals surface area contributed by atoms with Gasteiger partial charge in [0, 0.05) is 33.0 Å². The molecule has 0 bridgehead atoms. The summed E-state index contributed by atoms with van der Waals surface area (Å²) in [5.74, 6) is -1.75. The van der Waals surface area contributed by atoms with Crippen LogP contribution in [0, 0.1) is 0 Å². The first-order valence-electron chi connectivity index (χ1n) is 11.9. The average Bonchev–Trinajstić information content (AvgIpc) is 2.91. The highest BCUT2D eigenvalue weighted by Gasteiger charge is 2.42. The van der Waals surface area contributed by atoms with Gasteiger partial charge in [-0.05, 0) is 49.2 Å². The second-order valence-corrected chi connectivity index (χ2v) is 9.21. The zero-order chi connectivity index (χ0) is 25.1. The van der Waals surface area contributed by atoms with E-state index < -0.39 is 35.7 Å². The molecule has 0 fully saturated rings. The molecule has 6 nitrogen and oxygen atoms in total. The van der Waals surface area contributed by atoms with Crippen LogP contribution in [0.2, 0.25) is 0 Å². The van der Waals surface area contributed by atoms with E-state index >= 15 is 0 Å². The molecule has 176 valence electrons. The molecule has 6 rings (SSSR count). The minimum Gasteiger partial charge on any atom is -0.269 e. The molecule has 2 atom stereocenters. The molecule has 0 saturated heterocycles. The van der Waals surface area contributed by atoms with E-state index in [2.05, 4.69) is 0 Å². The summed E-state index contributed by atoms with van der Waals surface area (Å²) < 4.78 is 0. The SMILES string of the molecule is C[C@@H](c1ccccc1)N1C(=O)c2ccc3c4c(ccc(c24)C1=O)C(=O)N([C@@H](C)c1ccccc1)C3=O. The van der Waals surface area contributed by atoms with Crippen molar-refractivity contribution in [2.24, 2.45) is 0 Å². The van der Waals surface area contributed by atoms with Gasteiger partial charge >= 0.3 is 0 Å². The predicted octanol–water partition coefficient (Wildman–Crippen LogP) is 5.55. The fourth-order valence-corrected chi connectivity index (χ4v) is 5.38. The van der Waals surface area contributed by atoms with Gasteiger partial charge in [-0.3, -0.25) is 29.0 Å². The van der Waals surface area contributed by atoms with Gasteiger partial charge in [0.25, 0.3) is 23.6 Å². The van der Waals surface area contributed by atoms with Crippen LogP contribution >= 0.6 is 0 Å². The van der Waals surface area contributed by atoms with Crippen LogP contribution in [-0.2, 0) is 0 Å². The number of amides is 4. The van der Waals surface area contributed by atoms with Crippen molar-refractivity contribution in [3.63, 3.8) is 0 Å². The highest BCUT2D eigenvalue weighted by molar-refractivity contribution is 6.33. The van der Waals surface area contributed by atoms with Crippen molar-refractivity contribution < 1.29 is 19.2 Å². The van der Waals surface area contributed by atoms with Gasteiger partial charge in [0.15, 0.2) is 0 Å². The topological polar surface area (TPSA) is 74.8 Å². The summed E-state index contributed by atoms with van der Waals surface area (Å²) in [6.07, 6.45) is 0. The third-order valence-corrected chi connectivity index (χ3v) is 7.30. The normalized spacial score (nSPS) is 16.5. The lowest BCUT2D eigenvalue weighted by atomic mass is 9.84. The number of benzene rings is 4. The van der Waals surface area contributed by atoms with E-state index in [-0.39, 0.29) is 0 Å². The van der Waals surface area contributed by atoms with E-state index in [1.165, 1.54) is 9.80 Å². The molecule has 0 N–H and O–H groups in total. The van der Waals surface area contributed by atoms with E-state index in [1.807, 2.05) is 74.5 Å². The summed E-state index contributed by atoms with van der Waals surface area (Å²) in [7, 11) is 0. The largest absolute Gasteiger partial charge is 0.269 e. The van der Waals surface area contributed by atoms with Crippen molar-refractivity contribution >= 4 is 34.4 Å². The Hall–Kier alpha value is -4.58. The Morgan fingerprint density at radius 2 is 0.722 bits per heavy atom. The molecule has 2 heterocycles. The molecule has 0 unspecified atom stereocenters. The van der Waals surface area contributed by atoms with Gasteiger partial charge in [0.2, 0.25) is 0 Å². The number of rotatable bonds is 4. The van der Waals surface area contributed by atoms with Gasteiger partial charge in [0.1, 0.15) is 0 Å². The predicted molar refractivity (Wildman–Crippen MR) is 135 cm³/mol. The number of hydrogen-bond acceptors (Lipinski definition) is 4. The Labute approximate surface area is 207 Å². The Kier molecular flexibility index (Phi) is 4.86. The second-order valence-electron chi connectivity index (χ2n) is 9.21. The lowest BCUT2D eigenvalue weighted by molar-refractivity contribution is 0.0527. The van der Waals surface area contributed by atoms with Gasteiger partial charge in [-0.2, -0.15) is 0 Å². The van der Waals surface area contributed by atoms with Crippen LogP contribution in [0.3, 0.4) is 0 Å². The highest BCUT2D eigenvalue weighted by Crippen LogP contribution is 2.41. The first kappa shape index (κ1) is 21.9. The molecule has 2 aliphatic heterocycles. The van der Waals surface area contributed by atoms with E-state index in [0.717, 1.165) is 11.1 Å². The van der Waals surface area contributed by atoms with E-state index in [4.69, 9.17) is 0 Å². The Morgan fingerprint density at radius 1 is 0.444 bits per heavy atom. The number of imide groups is 2. The van der Waals surface area contributed by atoms with E-state index in [0.29, 0.717) is 33.0 Å². The molecule has 4 amide bonds.